The molecule has 2 N–H and O–H groups in total. The SMILES string of the molecule is COc1cnc(NC(=O)OCC2c3ccccc3-c3ccccc32)c(C(=O)O)c1. The molecule has 0 atom stereocenters. The first kappa shape index (κ1) is 18.5. The van der Waals surface area contributed by atoms with Crippen LogP contribution in [0.3, 0.4) is 0 Å². The minimum Gasteiger partial charge on any atom is -0.495 e. The van der Waals surface area contributed by atoms with Gasteiger partial charge in [0.1, 0.15) is 23.7 Å². The molecule has 1 heterocycles. The molecule has 0 radical (unpaired) electrons. The molecule has 1 aliphatic carbocycles. The standard InChI is InChI=1S/C22H18N2O5/c1-28-13-10-18(21(25)26)20(23-11-13)24-22(27)29-12-19-16-8-4-2-6-14(16)15-7-3-5-9-17(15)19/h2-11,19H,12H2,1H3,(H,25,26)(H,23,24,27). The Morgan fingerprint density at radius 1 is 1.07 bits per heavy atom. The molecular weight excluding hydrogens is 372 g/mol. The maximum atomic E-state index is 12.3. The smallest absolute Gasteiger partial charge is 0.412 e. The molecule has 1 aliphatic rings. The number of ether oxygens (including phenoxy) is 2. The number of aromatic nitrogens is 1. The molecule has 1 aromatic heterocycles. The molecule has 0 saturated heterocycles. The van der Waals surface area contributed by atoms with E-state index in [1.54, 1.807) is 0 Å². The number of rotatable bonds is 5. The largest absolute Gasteiger partial charge is 0.495 e. The highest BCUT2D eigenvalue weighted by Gasteiger charge is 2.29. The second-order valence-corrected chi connectivity index (χ2v) is 6.53. The highest BCUT2D eigenvalue weighted by Crippen LogP contribution is 2.44. The van der Waals surface area contributed by atoms with Gasteiger partial charge in [0.05, 0.1) is 13.3 Å². The molecule has 0 spiro atoms. The van der Waals surface area contributed by atoms with Gasteiger partial charge in [0.2, 0.25) is 0 Å². The molecular formula is C22H18N2O5. The number of carboxylic acids is 1. The van der Waals surface area contributed by atoms with Crippen LogP contribution in [0.15, 0.2) is 60.8 Å². The topological polar surface area (TPSA) is 97.8 Å². The van der Waals surface area contributed by atoms with Gasteiger partial charge in [0, 0.05) is 5.92 Å². The molecule has 0 bridgehead atoms. The number of hydrogen-bond acceptors (Lipinski definition) is 5. The number of amides is 1. The second-order valence-electron chi connectivity index (χ2n) is 6.53. The third-order valence-electron chi connectivity index (χ3n) is 4.89. The molecule has 0 unspecified atom stereocenters. The molecule has 7 nitrogen and oxygen atoms in total. The van der Waals surface area contributed by atoms with Gasteiger partial charge >= 0.3 is 12.1 Å². The Kier molecular flexibility index (Phi) is 4.87. The van der Waals surface area contributed by atoms with E-state index in [0.29, 0.717) is 0 Å². The first-order chi connectivity index (χ1) is 14.1. The van der Waals surface area contributed by atoms with Crippen LogP contribution in [0.4, 0.5) is 10.6 Å². The fraction of sp³-hybridized carbons (Fsp3) is 0.136. The van der Waals surface area contributed by atoms with Crippen molar-refractivity contribution in [1.29, 1.82) is 0 Å². The fourth-order valence-corrected chi connectivity index (χ4v) is 3.55. The van der Waals surface area contributed by atoms with Crippen molar-refractivity contribution in [3.05, 3.63) is 77.5 Å². The lowest BCUT2D eigenvalue weighted by Gasteiger charge is -2.15. The molecule has 29 heavy (non-hydrogen) atoms. The van der Waals surface area contributed by atoms with E-state index in [4.69, 9.17) is 9.47 Å². The van der Waals surface area contributed by atoms with Crippen LogP contribution in [-0.4, -0.2) is 35.9 Å². The van der Waals surface area contributed by atoms with Crippen LogP contribution >= 0.6 is 0 Å². The van der Waals surface area contributed by atoms with Crippen LogP contribution in [0, 0.1) is 0 Å². The second kappa shape index (κ2) is 7.63. The minimum absolute atomic E-state index is 0.0871. The number of methoxy groups -OCH3 is 1. The van der Waals surface area contributed by atoms with E-state index in [9.17, 15) is 14.7 Å². The van der Waals surface area contributed by atoms with Gasteiger partial charge in [-0.15, -0.1) is 0 Å². The van der Waals surface area contributed by atoms with Gasteiger partial charge in [-0.05, 0) is 28.3 Å². The average Bonchev–Trinajstić information content (AvgIpc) is 3.06. The number of benzene rings is 2. The number of hydrogen-bond donors (Lipinski definition) is 2. The van der Waals surface area contributed by atoms with Gasteiger partial charge in [-0.1, -0.05) is 48.5 Å². The number of anilines is 1. The summed E-state index contributed by atoms with van der Waals surface area (Å²) in [7, 11) is 1.40. The number of fused-ring (bicyclic) bond motifs is 3. The summed E-state index contributed by atoms with van der Waals surface area (Å²) < 4.78 is 10.4. The van der Waals surface area contributed by atoms with Crippen LogP contribution in [-0.2, 0) is 4.74 Å². The van der Waals surface area contributed by atoms with Gasteiger partial charge in [0.15, 0.2) is 0 Å². The van der Waals surface area contributed by atoms with E-state index in [1.807, 2.05) is 36.4 Å². The lowest BCUT2D eigenvalue weighted by Crippen LogP contribution is -2.20. The molecule has 2 aromatic carbocycles. The summed E-state index contributed by atoms with van der Waals surface area (Å²) in [5.74, 6) is -1.14. The highest BCUT2D eigenvalue weighted by molar-refractivity contribution is 5.97. The molecule has 0 aliphatic heterocycles. The summed E-state index contributed by atoms with van der Waals surface area (Å²) in [5, 5.41) is 11.7. The average molecular weight is 390 g/mol. The van der Waals surface area contributed by atoms with E-state index >= 15 is 0 Å². The van der Waals surface area contributed by atoms with Crippen molar-refractivity contribution in [2.75, 3.05) is 19.0 Å². The molecule has 0 fully saturated rings. The molecule has 1 amide bonds. The van der Waals surface area contributed by atoms with Gasteiger partial charge in [-0.3, -0.25) is 5.32 Å². The Hall–Kier alpha value is -3.87. The Morgan fingerprint density at radius 3 is 2.28 bits per heavy atom. The molecule has 4 rings (SSSR count). The lowest BCUT2D eigenvalue weighted by molar-refractivity contribution is 0.0697. The Morgan fingerprint density at radius 2 is 1.69 bits per heavy atom. The van der Waals surface area contributed by atoms with Gasteiger partial charge in [0.25, 0.3) is 0 Å². The van der Waals surface area contributed by atoms with Gasteiger partial charge in [-0.25, -0.2) is 14.6 Å². The van der Waals surface area contributed by atoms with Gasteiger partial charge in [-0.2, -0.15) is 0 Å². The molecule has 0 saturated carbocycles. The van der Waals surface area contributed by atoms with Crippen molar-refractivity contribution >= 4 is 17.9 Å². The van der Waals surface area contributed by atoms with E-state index in [-0.39, 0.29) is 29.7 Å². The predicted octanol–water partition coefficient (Wildman–Crippen LogP) is 4.15. The minimum atomic E-state index is -1.23. The predicted molar refractivity (Wildman–Crippen MR) is 106 cm³/mol. The summed E-state index contributed by atoms with van der Waals surface area (Å²) in [4.78, 5) is 27.7. The molecule has 7 heteroatoms. The number of carbonyl (C=O) groups excluding carboxylic acids is 1. The van der Waals surface area contributed by atoms with Crippen molar-refractivity contribution in [3.8, 4) is 16.9 Å². The maximum Gasteiger partial charge on any atom is 0.412 e. The van der Waals surface area contributed by atoms with Crippen LogP contribution in [0.1, 0.15) is 27.4 Å². The normalized spacial score (nSPS) is 12.0. The fourth-order valence-electron chi connectivity index (χ4n) is 3.55. The number of nitrogens with one attached hydrogen (secondary N) is 1. The Labute approximate surface area is 166 Å². The van der Waals surface area contributed by atoms with E-state index in [1.165, 1.54) is 19.4 Å². The zero-order valence-electron chi connectivity index (χ0n) is 15.6. The van der Waals surface area contributed by atoms with E-state index < -0.39 is 12.1 Å². The van der Waals surface area contributed by atoms with Crippen molar-refractivity contribution in [2.24, 2.45) is 0 Å². The Balaban J connectivity index is 1.51. The summed E-state index contributed by atoms with van der Waals surface area (Å²) >= 11 is 0. The summed E-state index contributed by atoms with van der Waals surface area (Å²) in [6.07, 6.45) is 0.554. The third kappa shape index (κ3) is 3.50. The van der Waals surface area contributed by atoms with Crippen LogP contribution < -0.4 is 10.1 Å². The molecule has 3 aromatic rings. The third-order valence-corrected chi connectivity index (χ3v) is 4.89. The molecule has 146 valence electrons. The maximum absolute atomic E-state index is 12.3. The number of carbonyl (C=O) groups is 2. The van der Waals surface area contributed by atoms with Crippen molar-refractivity contribution in [3.63, 3.8) is 0 Å². The summed E-state index contributed by atoms with van der Waals surface area (Å²) in [5.41, 5.74) is 4.26. The van der Waals surface area contributed by atoms with Crippen LogP contribution in [0.2, 0.25) is 0 Å². The van der Waals surface area contributed by atoms with Crippen molar-refractivity contribution in [2.45, 2.75) is 5.92 Å². The van der Waals surface area contributed by atoms with Crippen molar-refractivity contribution in [1.82, 2.24) is 4.98 Å². The van der Waals surface area contributed by atoms with Crippen LogP contribution in [0.25, 0.3) is 11.1 Å². The lowest BCUT2D eigenvalue weighted by atomic mass is 9.98. The number of nitrogens with zero attached hydrogens (tertiary/aromatic N) is 1. The van der Waals surface area contributed by atoms with Crippen LogP contribution in [0.5, 0.6) is 5.75 Å². The summed E-state index contributed by atoms with van der Waals surface area (Å²) in [6, 6.07) is 17.3. The van der Waals surface area contributed by atoms with E-state index in [2.05, 4.69) is 22.4 Å². The summed E-state index contributed by atoms with van der Waals surface area (Å²) in [6.45, 7) is 0.123. The number of carboxylic acid groups (broad SMARTS) is 1. The quantitative estimate of drug-likeness (QED) is 0.679. The Bertz CT molecular complexity index is 1050. The monoisotopic (exact) mass is 390 g/mol. The number of aromatic carboxylic acids is 1. The van der Waals surface area contributed by atoms with Gasteiger partial charge < -0.3 is 14.6 Å². The van der Waals surface area contributed by atoms with E-state index in [0.717, 1.165) is 22.3 Å². The number of pyridine rings is 1. The highest BCUT2D eigenvalue weighted by atomic mass is 16.5. The first-order valence-corrected chi connectivity index (χ1v) is 8.98. The zero-order valence-corrected chi connectivity index (χ0v) is 15.6. The zero-order chi connectivity index (χ0) is 20.4. The first-order valence-electron chi connectivity index (χ1n) is 8.98. The van der Waals surface area contributed by atoms with Crippen molar-refractivity contribution < 1.29 is 24.2 Å².